The van der Waals surface area contributed by atoms with Gasteiger partial charge < -0.3 is 56.2 Å². The molecule has 332 valence electrons. The number of aromatic nitrogens is 2. The summed E-state index contributed by atoms with van der Waals surface area (Å²) >= 11 is 0. The second-order valence-corrected chi connectivity index (χ2v) is 16.0. The summed E-state index contributed by atoms with van der Waals surface area (Å²) in [6.45, 7) is 6.29. The molecular formula is C38H58N9O12P. The van der Waals surface area contributed by atoms with Gasteiger partial charge in [0, 0.05) is 51.0 Å². The molecule has 0 bridgehead atoms. The van der Waals surface area contributed by atoms with Crippen LogP contribution in [0.3, 0.4) is 0 Å². The van der Waals surface area contributed by atoms with Gasteiger partial charge >= 0.3 is 7.82 Å². The summed E-state index contributed by atoms with van der Waals surface area (Å²) in [7, 11) is -5.12. The van der Waals surface area contributed by atoms with Gasteiger partial charge in [-0.3, -0.25) is 33.3 Å². The molecule has 6 amide bonds. The standard InChI is InChI=1S/C38H58N9O12P/c1-24(2)19-29(43-38(54)32-13-10-17-47(32)26(4)49)35(51)42-30(36(52)44-31(22-48)37(53)45-33(34(39)50)25(3)59-60(55,56)57)20-28-21-40-23-46(28)16-8-9-18-58-41-15-14-27-11-6-5-7-12-27/h5-7,11-12,15,21,23-25,29-33,48H,8-10,13-14,16-20,22H2,1-4H3,(H2,39,50)(H,42,51)(H,43,54)(H,44,52)(H,45,53)(H2,55,56,57)/b41-15+/t25-,29+,30+,31+,32+,33+/m1/s1. The summed E-state index contributed by atoms with van der Waals surface area (Å²) in [6, 6.07) is 2.93. The highest BCUT2D eigenvalue weighted by atomic mass is 31.2. The first kappa shape index (κ1) is 49.2. The van der Waals surface area contributed by atoms with Crippen LogP contribution in [0.5, 0.6) is 0 Å². The molecule has 22 heteroatoms. The first-order valence-electron chi connectivity index (χ1n) is 19.7. The zero-order valence-electron chi connectivity index (χ0n) is 34.3. The molecule has 9 N–H and O–H groups in total. The van der Waals surface area contributed by atoms with Crippen molar-refractivity contribution in [1.82, 2.24) is 35.7 Å². The van der Waals surface area contributed by atoms with Crippen LogP contribution in [0.25, 0.3) is 0 Å². The Morgan fingerprint density at radius 3 is 2.28 bits per heavy atom. The molecule has 21 nitrogen and oxygen atoms in total. The number of phosphoric acid groups is 1. The molecule has 1 saturated heterocycles. The Labute approximate surface area is 348 Å². The Bertz CT molecular complexity index is 1820. The lowest BCUT2D eigenvalue weighted by Gasteiger charge is -2.28. The molecule has 6 atom stereocenters. The number of carbonyl (C=O) groups excluding carboxylic acids is 6. The minimum Gasteiger partial charge on any atom is -0.396 e. The number of unbranched alkanes of at least 4 members (excludes halogenated alkanes) is 1. The number of benzene rings is 1. The number of carbonyl (C=O) groups is 6. The van der Waals surface area contributed by atoms with Crippen LogP contribution in [0.1, 0.15) is 71.1 Å². The molecule has 0 spiro atoms. The molecular weight excluding hydrogens is 805 g/mol. The third kappa shape index (κ3) is 16.4. The van der Waals surface area contributed by atoms with Gasteiger partial charge in [0.05, 0.1) is 19.0 Å². The van der Waals surface area contributed by atoms with Crippen molar-refractivity contribution < 1.29 is 57.6 Å². The highest BCUT2D eigenvalue weighted by Gasteiger charge is 2.37. The smallest absolute Gasteiger partial charge is 0.396 e. The number of aryl methyl sites for hydroxylation is 1. The van der Waals surface area contributed by atoms with E-state index in [1.165, 1.54) is 18.0 Å². The number of oxime groups is 1. The van der Waals surface area contributed by atoms with E-state index in [2.05, 4.69) is 35.9 Å². The molecule has 1 aliphatic rings. The maximum atomic E-state index is 14.0. The zero-order valence-corrected chi connectivity index (χ0v) is 35.2. The SMILES string of the molecule is CC(=O)N1CCC[C@H]1C(=O)N[C@@H](CC(C)C)C(=O)N[C@@H](Cc1cncn1CCCCO/N=C/Cc1ccccc1)C(=O)N[C@@H](CO)C(=O)N[C@H](C(N)=O)[C@@H](C)OP(=O)(O)O. The van der Waals surface area contributed by atoms with Crippen LogP contribution >= 0.6 is 7.82 Å². The van der Waals surface area contributed by atoms with Gasteiger partial charge in [0.25, 0.3) is 0 Å². The summed E-state index contributed by atoms with van der Waals surface area (Å²) in [6.07, 6.45) is 6.00. The highest BCUT2D eigenvalue weighted by Crippen LogP contribution is 2.38. The van der Waals surface area contributed by atoms with Gasteiger partial charge in [0.1, 0.15) is 36.8 Å². The average Bonchev–Trinajstić information content (AvgIpc) is 3.86. The van der Waals surface area contributed by atoms with Crippen LogP contribution in [-0.2, 0) is 62.1 Å². The van der Waals surface area contributed by atoms with Crippen LogP contribution in [-0.4, -0.2) is 127 Å². The Balaban J connectivity index is 1.78. The van der Waals surface area contributed by atoms with Gasteiger partial charge in [-0.15, -0.1) is 0 Å². The van der Waals surface area contributed by atoms with Crippen molar-refractivity contribution in [2.24, 2.45) is 16.8 Å². The van der Waals surface area contributed by atoms with E-state index in [1.54, 1.807) is 17.1 Å². The van der Waals surface area contributed by atoms with Gasteiger partial charge in [0.2, 0.25) is 35.4 Å². The first-order chi connectivity index (χ1) is 28.4. The monoisotopic (exact) mass is 863 g/mol. The van der Waals surface area contributed by atoms with Crippen LogP contribution in [0.4, 0.5) is 0 Å². The number of hydrogen-bond acceptors (Lipinski definition) is 12. The molecule has 1 fully saturated rings. The number of aliphatic hydroxyl groups excluding tert-OH is 1. The van der Waals surface area contributed by atoms with Gasteiger partial charge in [0.15, 0.2) is 0 Å². The largest absolute Gasteiger partial charge is 0.469 e. The molecule has 60 heavy (non-hydrogen) atoms. The number of amides is 6. The number of nitrogens with zero attached hydrogens (tertiary/aromatic N) is 4. The van der Waals surface area contributed by atoms with E-state index in [9.17, 15) is 48.2 Å². The third-order valence-electron chi connectivity index (χ3n) is 9.54. The second kappa shape index (κ2) is 24.1. The molecule has 2 heterocycles. The minimum atomic E-state index is -5.12. The second-order valence-electron chi connectivity index (χ2n) is 14.9. The van der Waals surface area contributed by atoms with Crippen LogP contribution in [0.2, 0.25) is 0 Å². The number of nitrogens with two attached hydrogens (primary N) is 1. The molecule has 0 aliphatic carbocycles. The first-order valence-corrected chi connectivity index (χ1v) is 21.2. The van der Waals surface area contributed by atoms with Gasteiger partial charge in [-0.1, -0.05) is 49.3 Å². The summed E-state index contributed by atoms with van der Waals surface area (Å²) < 4.78 is 17.6. The lowest BCUT2D eigenvalue weighted by Crippen LogP contribution is -2.61. The molecule has 0 radical (unpaired) electrons. The van der Waals surface area contributed by atoms with Crippen LogP contribution in [0, 0.1) is 5.92 Å². The molecule has 3 rings (SSSR count). The normalized spacial score (nSPS) is 16.7. The fourth-order valence-corrected chi connectivity index (χ4v) is 7.08. The van der Waals surface area contributed by atoms with Crippen LogP contribution in [0.15, 0.2) is 48.0 Å². The van der Waals surface area contributed by atoms with Gasteiger partial charge in [-0.2, -0.15) is 0 Å². The maximum absolute atomic E-state index is 14.0. The van der Waals surface area contributed by atoms with E-state index < -0.39 is 80.3 Å². The quantitative estimate of drug-likeness (QED) is 0.0269. The molecule has 0 unspecified atom stereocenters. The Hall–Kier alpha value is -5.21. The summed E-state index contributed by atoms with van der Waals surface area (Å²) in [5.74, 6) is -4.97. The number of primary amides is 1. The van der Waals surface area contributed by atoms with E-state index in [-0.39, 0.29) is 24.7 Å². The van der Waals surface area contributed by atoms with Crippen molar-refractivity contribution in [3.05, 3.63) is 54.1 Å². The van der Waals surface area contributed by atoms with E-state index in [0.717, 1.165) is 12.5 Å². The predicted octanol–water partition coefficient (Wildman–Crippen LogP) is -0.577. The summed E-state index contributed by atoms with van der Waals surface area (Å²) in [5, 5.41) is 24.0. The van der Waals surface area contributed by atoms with Crippen molar-refractivity contribution in [2.75, 3.05) is 19.8 Å². The van der Waals surface area contributed by atoms with Crippen molar-refractivity contribution in [3.8, 4) is 0 Å². The lowest BCUT2D eigenvalue weighted by molar-refractivity contribution is -0.139. The number of imidazole rings is 1. The lowest BCUT2D eigenvalue weighted by atomic mass is 10.0. The highest BCUT2D eigenvalue weighted by molar-refractivity contribution is 7.46. The number of hydrogen-bond donors (Lipinski definition) is 8. The van der Waals surface area contributed by atoms with Crippen LogP contribution < -0.4 is 27.0 Å². The van der Waals surface area contributed by atoms with E-state index >= 15 is 0 Å². The van der Waals surface area contributed by atoms with Gasteiger partial charge in [-0.25, -0.2) is 9.55 Å². The molecule has 2 aromatic rings. The van der Waals surface area contributed by atoms with Crippen molar-refractivity contribution >= 4 is 49.5 Å². The molecule has 1 aliphatic heterocycles. The maximum Gasteiger partial charge on any atom is 0.469 e. The number of rotatable bonds is 25. The topological polar surface area (TPSA) is 306 Å². The van der Waals surface area contributed by atoms with Crippen molar-refractivity contribution in [1.29, 1.82) is 0 Å². The number of phosphoric ester groups is 1. The van der Waals surface area contributed by atoms with Gasteiger partial charge in [-0.05, 0) is 50.5 Å². The molecule has 1 aromatic heterocycles. The average molecular weight is 864 g/mol. The zero-order chi connectivity index (χ0) is 44.4. The van der Waals surface area contributed by atoms with Crippen molar-refractivity contribution in [3.63, 3.8) is 0 Å². The minimum absolute atomic E-state index is 0.0987. The summed E-state index contributed by atoms with van der Waals surface area (Å²) in [4.78, 5) is 108. The number of nitrogens with one attached hydrogen (secondary N) is 4. The molecule has 1 aromatic carbocycles. The fraction of sp³-hybridized carbons (Fsp3) is 0.579. The Morgan fingerprint density at radius 2 is 1.65 bits per heavy atom. The number of likely N-dealkylation sites (tertiary alicyclic amines) is 1. The fourth-order valence-electron chi connectivity index (χ4n) is 6.53. The van der Waals surface area contributed by atoms with E-state index in [0.29, 0.717) is 57.5 Å². The predicted molar refractivity (Wildman–Crippen MR) is 216 cm³/mol. The number of aliphatic hydroxyl groups is 1. The summed E-state index contributed by atoms with van der Waals surface area (Å²) in [5.41, 5.74) is 6.94. The van der Waals surface area contributed by atoms with E-state index in [1.807, 2.05) is 44.2 Å². The van der Waals surface area contributed by atoms with Crippen molar-refractivity contribution in [2.45, 2.75) is 115 Å². The third-order valence-corrected chi connectivity index (χ3v) is 10.1. The Morgan fingerprint density at radius 1 is 0.983 bits per heavy atom. The Kier molecular flexibility index (Phi) is 19.8. The molecule has 0 saturated carbocycles. The van der Waals surface area contributed by atoms with E-state index in [4.69, 9.17) is 10.6 Å².